The van der Waals surface area contributed by atoms with Crippen LogP contribution in [0.5, 0.6) is 0 Å². The van der Waals surface area contributed by atoms with Gasteiger partial charge in [0.25, 0.3) is 0 Å². The second kappa shape index (κ2) is 6.17. The molecule has 0 radical (unpaired) electrons. The summed E-state index contributed by atoms with van der Waals surface area (Å²) < 4.78 is 45.8. The fraction of sp³-hybridized carbons (Fsp3) is 0.538. The third-order valence-corrected chi connectivity index (χ3v) is 4.57. The summed E-state index contributed by atoms with van der Waals surface area (Å²) in [5, 5.41) is 9.06. The van der Waals surface area contributed by atoms with Crippen molar-refractivity contribution in [2.24, 2.45) is 0 Å². The fourth-order valence-electron chi connectivity index (χ4n) is 1.89. The van der Waals surface area contributed by atoms with Gasteiger partial charge in [-0.1, -0.05) is 0 Å². The van der Waals surface area contributed by atoms with Crippen molar-refractivity contribution in [3.63, 3.8) is 0 Å². The van der Waals surface area contributed by atoms with Gasteiger partial charge in [0.15, 0.2) is 0 Å². The first-order valence-corrected chi connectivity index (χ1v) is 7.54. The maximum absolute atomic E-state index is 13.7. The third kappa shape index (κ3) is 3.99. The van der Waals surface area contributed by atoms with Crippen LogP contribution in [-0.4, -0.2) is 32.8 Å². The zero-order valence-corrected chi connectivity index (χ0v) is 12.8. The summed E-state index contributed by atoms with van der Waals surface area (Å²) in [5.74, 6) is -0.665. The molecular weight excluding hydrogens is 285 g/mol. The van der Waals surface area contributed by atoms with Crippen molar-refractivity contribution in [1.29, 1.82) is 0 Å². The predicted octanol–water partition coefficient (Wildman–Crippen LogP) is 1.33. The average molecular weight is 305 g/mol. The minimum atomic E-state index is -3.91. The van der Waals surface area contributed by atoms with Crippen LogP contribution in [0.25, 0.3) is 0 Å². The normalized spacial score (nSPS) is 12.7. The first-order valence-electron chi connectivity index (χ1n) is 6.06. The number of sulfonamides is 1. The highest BCUT2D eigenvalue weighted by Crippen LogP contribution is 2.22. The summed E-state index contributed by atoms with van der Waals surface area (Å²) in [5.41, 5.74) is -0.605. The highest BCUT2D eigenvalue weighted by Gasteiger charge is 2.28. The summed E-state index contributed by atoms with van der Waals surface area (Å²) >= 11 is 0. The van der Waals surface area contributed by atoms with E-state index in [4.69, 9.17) is 9.84 Å². The second-order valence-corrected chi connectivity index (χ2v) is 6.93. The summed E-state index contributed by atoms with van der Waals surface area (Å²) in [4.78, 5) is -0.175. The van der Waals surface area contributed by atoms with E-state index < -0.39 is 28.0 Å². The van der Waals surface area contributed by atoms with Crippen LogP contribution in [0, 0.1) is 12.7 Å². The van der Waals surface area contributed by atoms with E-state index >= 15 is 0 Å². The molecule has 0 saturated carbocycles. The molecule has 0 unspecified atom stereocenters. The molecule has 0 aliphatic rings. The summed E-state index contributed by atoms with van der Waals surface area (Å²) in [7, 11) is -2.44. The molecule has 2 N–H and O–H groups in total. The number of benzene rings is 1. The van der Waals surface area contributed by atoms with Gasteiger partial charge in [-0.05, 0) is 38.5 Å². The van der Waals surface area contributed by atoms with Gasteiger partial charge in [-0.15, -0.1) is 0 Å². The lowest BCUT2D eigenvalue weighted by atomic mass is 10.1. The molecule has 5 nitrogen and oxygen atoms in total. The summed E-state index contributed by atoms with van der Waals surface area (Å²) in [6, 6.07) is 2.39. The highest BCUT2D eigenvalue weighted by atomic mass is 32.2. The Morgan fingerprint density at radius 2 is 2.00 bits per heavy atom. The number of hydrogen-bond acceptors (Lipinski definition) is 4. The lowest BCUT2D eigenvalue weighted by Crippen LogP contribution is -2.46. The van der Waals surface area contributed by atoms with Gasteiger partial charge in [-0.3, -0.25) is 0 Å². The molecule has 1 aromatic rings. The number of nitrogens with one attached hydrogen (secondary N) is 1. The average Bonchev–Trinajstić information content (AvgIpc) is 2.30. The van der Waals surface area contributed by atoms with Crippen molar-refractivity contribution >= 4 is 10.0 Å². The van der Waals surface area contributed by atoms with E-state index in [0.29, 0.717) is 0 Å². The van der Waals surface area contributed by atoms with Crippen molar-refractivity contribution in [1.82, 2.24) is 4.72 Å². The third-order valence-electron chi connectivity index (χ3n) is 2.74. The molecule has 20 heavy (non-hydrogen) atoms. The van der Waals surface area contributed by atoms with Gasteiger partial charge in [0.2, 0.25) is 10.0 Å². The van der Waals surface area contributed by atoms with Crippen LogP contribution in [0.1, 0.15) is 25.0 Å². The molecule has 0 aromatic heterocycles. The first kappa shape index (κ1) is 17.0. The molecule has 1 aromatic carbocycles. The smallest absolute Gasteiger partial charge is 0.241 e. The zero-order chi connectivity index (χ0) is 15.6. The Labute approximate surface area is 118 Å². The van der Waals surface area contributed by atoms with Crippen LogP contribution in [0.2, 0.25) is 0 Å². The summed E-state index contributed by atoms with van der Waals surface area (Å²) in [6.07, 6.45) is 0. The SMILES string of the molecule is COCC(C)(C)NS(=O)(=O)c1cc(CO)cc(F)c1C. The number of rotatable bonds is 6. The van der Waals surface area contributed by atoms with Gasteiger partial charge >= 0.3 is 0 Å². The second-order valence-electron chi connectivity index (χ2n) is 5.28. The van der Waals surface area contributed by atoms with E-state index in [0.717, 1.165) is 6.07 Å². The largest absolute Gasteiger partial charge is 0.392 e. The number of aliphatic hydroxyl groups is 1. The Morgan fingerprint density at radius 1 is 1.40 bits per heavy atom. The van der Waals surface area contributed by atoms with Crippen molar-refractivity contribution in [2.75, 3.05) is 13.7 Å². The van der Waals surface area contributed by atoms with Crippen molar-refractivity contribution in [3.8, 4) is 0 Å². The Hall–Kier alpha value is -1.02. The molecule has 0 spiro atoms. The van der Waals surface area contributed by atoms with Crippen molar-refractivity contribution in [2.45, 2.75) is 37.8 Å². The molecule has 1 rings (SSSR count). The number of halogens is 1. The minimum absolute atomic E-state index is 0.0166. The molecule has 114 valence electrons. The number of hydrogen-bond donors (Lipinski definition) is 2. The van der Waals surface area contributed by atoms with Gasteiger partial charge < -0.3 is 9.84 Å². The Balaban J connectivity index is 3.25. The molecule has 0 fully saturated rings. The predicted molar refractivity (Wildman–Crippen MR) is 73.3 cm³/mol. The van der Waals surface area contributed by atoms with Crippen LogP contribution < -0.4 is 4.72 Å². The quantitative estimate of drug-likeness (QED) is 0.831. The number of methoxy groups -OCH3 is 1. The molecule has 0 atom stereocenters. The Morgan fingerprint density at radius 3 is 2.50 bits per heavy atom. The maximum Gasteiger partial charge on any atom is 0.241 e. The topological polar surface area (TPSA) is 75.6 Å². The lowest BCUT2D eigenvalue weighted by molar-refractivity contribution is 0.141. The van der Waals surface area contributed by atoms with E-state index in [1.807, 2.05) is 0 Å². The van der Waals surface area contributed by atoms with Crippen LogP contribution >= 0.6 is 0 Å². The van der Waals surface area contributed by atoms with E-state index in [-0.39, 0.29) is 22.6 Å². The fourth-order valence-corrected chi connectivity index (χ4v) is 3.59. The van der Waals surface area contributed by atoms with E-state index in [2.05, 4.69) is 4.72 Å². The number of aliphatic hydroxyl groups excluding tert-OH is 1. The zero-order valence-electron chi connectivity index (χ0n) is 12.0. The van der Waals surface area contributed by atoms with Gasteiger partial charge in [0.1, 0.15) is 5.82 Å². The minimum Gasteiger partial charge on any atom is -0.392 e. The highest BCUT2D eigenvalue weighted by molar-refractivity contribution is 7.89. The monoisotopic (exact) mass is 305 g/mol. The van der Waals surface area contributed by atoms with Gasteiger partial charge in [-0.25, -0.2) is 17.5 Å². The molecule has 0 aliphatic heterocycles. The van der Waals surface area contributed by atoms with Crippen LogP contribution in [0.4, 0.5) is 4.39 Å². The molecule has 0 heterocycles. The Kier molecular flexibility index (Phi) is 5.26. The van der Waals surface area contributed by atoms with Crippen LogP contribution in [0.3, 0.4) is 0 Å². The first-order chi connectivity index (χ1) is 9.13. The molecular formula is C13H20FNO4S. The molecule has 0 amide bonds. The Bertz CT molecular complexity index is 584. The van der Waals surface area contributed by atoms with Gasteiger partial charge in [-0.2, -0.15) is 0 Å². The van der Waals surface area contributed by atoms with Gasteiger partial charge in [0.05, 0.1) is 23.6 Å². The van der Waals surface area contributed by atoms with Crippen LogP contribution in [0.15, 0.2) is 17.0 Å². The van der Waals surface area contributed by atoms with E-state index in [1.54, 1.807) is 13.8 Å². The summed E-state index contributed by atoms with van der Waals surface area (Å²) in [6.45, 7) is 4.45. The molecule has 0 aliphatic carbocycles. The molecule has 7 heteroatoms. The van der Waals surface area contributed by atoms with E-state index in [1.165, 1.54) is 20.1 Å². The van der Waals surface area contributed by atoms with Crippen LogP contribution in [-0.2, 0) is 21.4 Å². The molecule has 0 bridgehead atoms. The van der Waals surface area contributed by atoms with Crippen molar-refractivity contribution < 1.29 is 22.7 Å². The lowest BCUT2D eigenvalue weighted by Gasteiger charge is -2.25. The van der Waals surface area contributed by atoms with E-state index in [9.17, 15) is 12.8 Å². The molecule has 0 saturated heterocycles. The van der Waals surface area contributed by atoms with Gasteiger partial charge in [0, 0.05) is 12.7 Å². The number of ether oxygens (including phenoxy) is 1. The standard InChI is InChI=1S/C13H20FNO4S/c1-9-11(14)5-10(7-16)6-12(9)20(17,18)15-13(2,3)8-19-4/h5-6,15-16H,7-8H2,1-4H3. The maximum atomic E-state index is 13.7. The van der Waals surface area contributed by atoms with Crippen molar-refractivity contribution in [3.05, 3.63) is 29.1 Å².